The first-order chi connectivity index (χ1) is 8.36. The number of hydrogen-bond acceptors (Lipinski definition) is 1. The Kier molecular flexibility index (Phi) is 3.45. The maximum Gasteiger partial charge on any atom is 0.222 e. The van der Waals surface area contributed by atoms with E-state index in [0.29, 0.717) is 5.75 Å². The summed E-state index contributed by atoms with van der Waals surface area (Å²) in [5.41, 5.74) is 2.02. The summed E-state index contributed by atoms with van der Waals surface area (Å²) in [6.45, 7) is 0. The summed E-state index contributed by atoms with van der Waals surface area (Å²) in [5.74, 6) is 0.330. The Morgan fingerprint density at radius 2 is 1.71 bits per heavy atom. The van der Waals surface area contributed by atoms with Crippen molar-refractivity contribution in [1.29, 1.82) is 0 Å². The van der Waals surface area contributed by atoms with Gasteiger partial charge in [0.1, 0.15) is 5.75 Å². The molecule has 3 heteroatoms. The highest BCUT2D eigenvalue weighted by Gasteiger charge is 2.11. The Hall–Kier alpha value is -1.80. The molecule has 0 spiro atoms. The van der Waals surface area contributed by atoms with E-state index in [9.17, 15) is 5.11 Å². The van der Waals surface area contributed by atoms with Crippen LogP contribution in [0.1, 0.15) is 0 Å². The number of rotatable bonds is 0. The van der Waals surface area contributed by atoms with Crippen LogP contribution >= 0.6 is 11.6 Å². The molecule has 0 atom stereocenters. The number of hydrogen-bond donors (Lipinski definition) is 1. The predicted octanol–water partition coefficient (Wildman–Crippen LogP) is 3.14. The van der Waals surface area contributed by atoms with Crippen LogP contribution in [0.2, 0.25) is 0 Å². The third-order valence-electron chi connectivity index (χ3n) is 2.62. The molecule has 1 aromatic carbocycles. The molecule has 0 aliphatic heterocycles. The number of aromatic nitrogens is 1. The minimum absolute atomic E-state index is 0.330. The van der Waals surface area contributed by atoms with Crippen molar-refractivity contribution in [3.8, 4) is 5.75 Å². The molecule has 0 aliphatic carbocycles. The van der Waals surface area contributed by atoms with Crippen molar-refractivity contribution in [1.82, 2.24) is 0 Å². The second-order valence-electron chi connectivity index (χ2n) is 3.54. The average molecular weight is 247 g/mol. The van der Waals surface area contributed by atoms with Crippen LogP contribution < -0.4 is 4.40 Å². The molecule has 0 radical (unpaired) electrons. The molecule has 2 nitrogen and oxygen atoms in total. The number of pyridine rings is 2. The van der Waals surface area contributed by atoms with Crippen LogP contribution in [0.3, 0.4) is 0 Å². The zero-order valence-electron chi connectivity index (χ0n) is 9.47. The maximum atomic E-state index is 9.86. The van der Waals surface area contributed by atoms with Crippen molar-refractivity contribution in [3.63, 3.8) is 0 Å². The first kappa shape index (κ1) is 11.7. The fraction of sp³-hybridized carbons (Fsp3) is 0.0714. The lowest BCUT2D eigenvalue weighted by Gasteiger charge is -1.99. The second-order valence-corrected chi connectivity index (χ2v) is 3.54. The molecule has 0 bridgehead atoms. The molecule has 3 aromatic rings. The van der Waals surface area contributed by atoms with Crippen molar-refractivity contribution in [2.75, 3.05) is 6.38 Å². The lowest BCUT2D eigenvalue weighted by atomic mass is 10.2. The molecule has 0 fully saturated rings. The smallest absolute Gasteiger partial charge is 0.222 e. The summed E-state index contributed by atoms with van der Waals surface area (Å²) in [4.78, 5) is 0. The van der Waals surface area contributed by atoms with E-state index < -0.39 is 0 Å². The van der Waals surface area contributed by atoms with E-state index in [1.54, 1.807) is 6.07 Å². The van der Waals surface area contributed by atoms with E-state index in [1.165, 1.54) is 6.38 Å². The van der Waals surface area contributed by atoms with Gasteiger partial charge >= 0.3 is 0 Å². The number of halogens is 1. The zero-order chi connectivity index (χ0) is 12.3. The van der Waals surface area contributed by atoms with Gasteiger partial charge in [0.15, 0.2) is 6.20 Å². The van der Waals surface area contributed by atoms with Crippen LogP contribution in [0.15, 0.2) is 54.7 Å². The average Bonchev–Trinajstić information content (AvgIpc) is 2.42. The minimum Gasteiger partial charge on any atom is -0.507 e. The van der Waals surface area contributed by atoms with E-state index in [4.69, 9.17) is 0 Å². The number of alkyl halides is 1. The SMILES string of the molecule is CCl.Oc1cc2cccc[n+]2c2ccccc12. The van der Waals surface area contributed by atoms with Crippen molar-refractivity contribution in [3.05, 3.63) is 54.7 Å². The lowest BCUT2D eigenvalue weighted by Crippen LogP contribution is -2.21. The van der Waals surface area contributed by atoms with Crippen LogP contribution in [0.5, 0.6) is 5.75 Å². The summed E-state index contributed by atoms with van der Waals surface area (Å²) in [6, 6.07) is 15.5. The highest BCUT2D eigenvalue weighted by Crippen LogP contribution is 2.22. The van der Waals surface area contributed by atoms with Crippen LogP contribution in [-0.4, -0.2) is 11.5 Å². The molecule has 0 amide bonds. The van der Waals surface area contributed by atoms with Gasteiger partial charge in [0.25, 0.3) is 0 Å². The Bertz CT molecular complexity index is 652. The highest BCUT2D eigenvalue weighted by molar-refractivity contribution is 6.15. The first-order valence-electron chi connectivity index (χ1n) is 5.25. The second kappa shape index (κ2) is 5.02. The molecule has 0 unspecified atom stereocenters. The zero-order valence-corrected chi connectivity index (χ0v) is 10.2. The monoisotopic (exact) mass is 246 g/mol. The topological polar surface area (TPSA) is 24.3 Å². The molecular formula is C14H13ClNO+. The fourth-order valence-corrected chi connectivity index (χ4v) is 1.91. The van der Waals surface area contributed by atoms with Crippen molar-refractivity contribution in [2.24, 2.45) is 0 Å². The van der Waals surface area contributed by atoms with E-state index in [2.05, 4.69) is 16.0 Å². The summed E-state index contributed by atoms with van der Waals surface area (Å²) >= 11 is 4.64. The summed E-state index contributed by atoms with van der Waals surface area (Å²) in [6.07, 6.45) is 3.47. The number of aromatic hydroxyl groups is 1. The summed E-state index contributed by atoms with van der Waals surface area (Å²) in [5, 5.41) is 10.7. The third kappa shape index (κ3) is 2.04. The molecule has 3 rings (SSSR count). The number of nitrogens with zero attached hydrogens (tertiary/aromatic N) is 1. The molecule has 1 N–H and O–H groups in total. The van der Waals surface area contributed by atoms with Gasteiger partial charge in [-0.1, -0.05) is 12.1 Å². The number of para-hydroxylation sites is 1. The highest BCUT2D eigenvalue weighted by atomic mass is 35.5. The Labute approximate surface area is 105 Å². The normalized spacial score (nSPS) is 10.0. The number of benzene rings is 1. The lowest BCUT2D eigenvalue weighted by molar-refractivity contribution is -0.481. The van der Waals surface area contributed by atoms with Gasteiger partial charge in [-0.2, -0.15) is 4.40 Å². The molecule has 2 aromatic heterocycles. The third-order valence-corrected chi connectivity index (χ3v) is 2.62. The largest absolute Gasteiger partial charge is 0.507 e. The molecule has 0 aliphatic rings. The maximum absolute atomic E-state index is 9.86. The van der Waals surface area contributed by atoms with E-state index in [-0.39, 0.29) is 0 Å². The van der Waals surface area contributed by atoms with Gasteiger partial charge in [0.2, 0.25) is 11.0 Å². The Morgan fingerprint density at radius 1 is 1.00 bits per heavy atom. The van der Waals surface area contributed by atoms with Crippen molar-refractivity contribution in [2.45, 2.75) is 0 Å². The molecule has 17 heavy (non-hydrogen) atoms. The Balaban J connectivity index is 0.000000514. The van der Waals surface area contributed by atoms with Gasteiger partial charge in [0.05, 0.1) is 11.5 Å². The predicted molar refractivity (Wildman–Crippen MR) is 70.5 cm³/mol. The quantitative estimate of drug-likeness (QED) is 0.368. The minimum atomic E-state index is 0.330. The molecular weight excluding hydrogens is 234 g/mol. The van der Waals surface area contributed by atoms with Crippen LogP contribution in [0.25, 0.3) is 16.4 Å². The van der Waals surface area contributed by atoms with Gasteiger partial charge in [-0.15, -0.1) is 11.6 Å². The van der Waals surface area contributed by atoms with Crippen LogP contribution in [0, 0.1) is 0 Å². The van der Waals surface area contributed by atoms with Gasteiger partial charge in [-0.05, 0) is 12.1 Å². The summed E-state index contributed by atoms with van der Waals surface area (Å²) < 4.78 is 2.06. The van der Waals surface area contributed by atoms with Crippen LogP contribution in [-0.2, 0) is 0 Å². The van der Waals surface area contributed by atoms with Crippen LogP contribution in [0.4, 0.5) is 0 Å². The fourth-order valence-electron chi connectivity index (χ4n) is 1.91. The molecule has 86 valence electrons. The molecule has 2 heterocycles. The molecule has 0 saturated heterocycles. The Morgan fingerprint density at radius 3 is 2.53 bits per heavy atom. The van der Waals surface area contributed by atoms with Crippen molar-refractivity contribution >= 4 is 28.0 Å². The van der Waals surface area contributed by atoms with E-state index in [1.807, 2.05) is 48.7 Å². The first-order valence-corrected chi connectivity index (χ1v) is 6.01. The standard InChI is InChI=1S/C13H9NO.CH3Cl/c15-13-9-10-5-3-4-8-14(10)12-7-2-1-6-11(12)13;1-2/h1-9H;1H3/p+1. The van der Waals surface area contributed by atoms with E-state index >= 15 is 0 Å². The van der Waals surface area contributed by atoms with E-state index in [0.717, 1.165) is 16.4 Å². The van der Waals surface area contributed by atoms with Gasteiger partial charge < -0.3 is 5.11 Å². The van der Waals surface area contributed by atoms with Gasteiger partial charge in [0, 0.05) is 24.6 Å². The number of fused-ring (bicyclic) bond motifs is 3. The van der Waals surface area contributed by atoms with Gasteiger partial charge in [-0.3, -0.25) is 0 Å². The van der Waals surface area contributed by atoms with Gasteiger partial charge in [-0.25, -0.2) is 0 Å². The summed E-state index contributed by atoms with van der Waals surface area (Å²) in [7, 11) is 0. The molecule has 0 saturated carbocycles. The van der Waals surface area contributed by atoms with Crippen molar-refractivity contribution < 1.29 is 9.51 Å².